The van der Waals surface area contributed by atoms with Gasteiger partial charge in [0.05, 0.1) is 7.11 Å². The van der Waals surface area contributed by atoms with Gasteiger partial charge in [0, 0.05) is 32.2 Å². The van der Waals surface area contributed by atoms with Crippen molar-refractivity contribution in [2.24, 2.45) is 17.8 Å². The van der Waals surface area contributed by atoms with Crippen LogP contribution >= 0.6 is 0 Å². The maximum Gasteiger partial charge on any atom is 0.407 e. The summed E-state index contributed by atoms with van der Waals surface area (Å²) < 4.78 is 10.3. The van der Waals surface area contributed by atoms with Gasteiger partial charge >= 0.3 is 12.1 Å². The van der Waals surface area contributed by atoms with Crippen LogP contribution in [0.15, 0.2) is 10.6 Å². The second kappa shape index (κ2) is 6.93. The van der Waals surface area contributed by atoms with Crippen molar-refractivity contribution < 1.29 is 24.0 Å². The molecule has 25 heavy (non-hydrogen) atoms. The molecule has 8 nitrogen and oxygen atoms in total. The molecule has 1 unspecified atom stereocenters. The highest BCUT2D eigenvalue weighted by Crippen LogP contribution is 2.35. The summed E-state index contributed by atoms with van der Waals surface area (Å²) in [5.41, 5.74) is 0. The van der Waals surface area contributed by atoms with Crippen LogP contribution in [0.3, 0.4) is 0 Å². The van der Waals surface area contributed by atoms with Gasteiger partial charge in [-0.25, -0.2) is 4.79 Å². The predicted molar refractivity (Wildman–Crippen MR) is 89.5 cm³/mol. The van der Waals surface area contributed by atoms with E-state index < -0.39 is 12.0 Å². The Morgan fingerprint density at radius 1 is 1.32 bits per heavy atom. The van der Waals surface area contributed by atoms with E-state index >= 15 is 0 Å². The average Bonchev–Trinajstić information content (AvgIpc) is 3.20. The van der Waals surface area contributed by atoms with E-state index in [2.05, 4.69) is 10.1 Å². The second-order valence-electron chi connectivity index (χ2n) is 7.27. The zero-order chi connectivity index (χ0) is 18.1. The van der Waals surface area contributed by atoms with E-state index in [0.29, 0.717) is 36.5 Å². The molecule has 8 heteroatoms. The van der Waals surface area contributed by atoms with Gasteiger partial charge in [-0.15, -0.1) is 0 Å². The Balaban J connectivity index is 1.71. The lowest BCUT2D eigenvalue weighted by atomic mass is 9.89. The van der Waals surface area contributed by atoms with Crippen LogP contribution in [0.2, 0.25) is 0 Å². The highest BCUT2D eigenvalue weighted by atomic mass is 16.5. The number of methoxy groups -OCH3 is 1. The number of hydrogen-bond acceptors (Lipinski definition) is 6. The number of anilines is 1. The SMILES string of the molecule is COC(=O)C(c1cc(N2C[C@H]3CN(C(=O)O)CC[C@H]3C2)no1)C(C)C. The van der Waals surface area contributed by atoms with Crippen LogP contribution < -0.4 is 4.90 Å². The first-order chi connectivity index (χ1) is 11.9. The zero-order valence-electron chi connectivity index (χ0n) is 14.8. The van der Waals surface area contributed by atoms with E-state index in [1.165, 1.54) is 12.0 Å². The van der Waals surface area contributed by atoms with E-state index in [1.54, 1.807) is 0 Å². The van der Waals surface area contributed by atoms with Crippen LogP contribution in [-0.4, -0.2) is 60.5 Å². The van der Waals surface area contributed by atoms with Crippen molar-refractivity contribution in [3.8, 4) is 0 Å². The van der Waals surface area contributed by atoms with Crippen LogP contribution in [0.25, 0.3) is 0 Å². The lowest BCUT2D eigenvalue weighted by molar-refractivity contribution is -0.144. The number of amides is 1. The Morgan fingerprint density at radius 2 is 2.04 bits per heavy atom. The molecule has 1 amide bonds. The standard InChI is InChI=1S/C17H25N3O5/c1-10(2)15(16(21)24-3)13-6-14(18-25-13)20-7-11-4-5-19(17(22)23)8-12(11)9-20/h6,10-12,15H,4-5,7-9H2,1-3H3,(H,22,23)/t11-,12+,15?/m0/s1. The Bertz CT molecular complexity index is 644. The van der Waals surface area contributed by atoms with E-state index in [0.717, 1.165) is 19.5 Å². The summed E-state index contributed by atoms with van der Waals surface area (Å²) in [5, 5.41) is 13.3. The normalized spacial score (nSPS) is 24.3. The number of hydrogen-bond donors (Lipinski definition) is 1. The predicted octanol–water partition coefficient (Wildman–Crippen LogP) is 2.02. The molecule has 2 aliphatic heterocycles. The number of carbonyl (C=O) groups excluding carboxylic acids is 1. The fourth-order valence-corrected chi connectivity index (χ4v) is 3.95. The fraction of sp³-hybridized carbons (Fsp3) is 0.706. The summed E-state index contributed by atoms with van der Waals surface area (Å²) in [4.78, 5) is 26.8. The molecule has 1 N–H and O–H groups in total. The molecule has 0 aliphatic carbocycles. The molecule has 0 aromatic carbocycles. The van der Waals surface area contributed by atoms with Crippen LogP contribution in [0, 0.1) is 17.8 Å². The van der Waals surface area contributed by atoms with E-state index in [-0.39, 0.29) is 11.9 Å². The summed E-state index contributed by atoms with van der Waals surface area (Å²) in [7, 11) is 1.37. The first-order valence-corrected chi connectivity index (χ1v) is 8.68. The van der Waals surface area contributed by atoms with Crippen LogP contribution in [0.5, 0.6) is 0 Å². The van der Waals surface area contributed by atoms with Crippen molar-refractivity contribution in [2.45, 2.75) is 26.2 Å². The Morgan fingerprint density at radius 3 is 2.68 bits per heavy atom. The van der Waals surface area contributed by atoms with Crippen molar-refractivity contribution in [2.75, 3.05) is 38.2 Å². The number of fused-ring (bicyclic) bond motifs is 1. The van der Waals surface area contributed by atoms with Crippen molar-refractivity contribution >= 4 is 17.9 Å². The fourth-order valence-electron chi connectivity index (χ4n) is 3.95. The van der Waals surface area contributed by atoms with Crippen LogP contribution in [0.4, 0.5) is 10.6 Å². The minimum Gasteiger partial charge on any atom is -0.468 e. The second-order valence-corrected chi connectivity index (χ2v) is 7.27. The largest absolute Gasteiger partial charge is 0.468 e. The number of aromatic nitrogens is 1. The lowest BCUT2D eigenvalue weighted by Gasteiger charge is -2.32. The third-order valence-electron chi connectivity index (χ3n) is 5.34. The summed E-state index contributed by atoms with van der Waals surface area (Å²) in [5.74, 6) is 1.24. The number of carbonyl (C=O) groups is 2. The summed E-state index contributed by atoms with van der Waals surface area (Å²) in [6.07, 6.45) is 0.0214. The van der Waals surface area contributed by atoms with Crippen LogP contribution in [-0.2, 0) is 9.53 Å². The summed E-state index contributed by atoms with van der Waals surface area (Å²) in [6, 6.07) is 1.81. The highest BCUT2D eigenvalue weighted by Gasteiger charge is 2.39. The number of carboxylic acid groups (broad SMARTS) is 1. The molecule has 2 aliphatic rings. The monoisotopic (exact) mass is 351 g/mol. The number of nitrogens with zero attached hydrogens (tertiary/aromatic N) is 3. The average molecular weight is 351 g/mol. The molecular weight excluding hydrogens is 326 g/mol. The van der Waals surface area contributed by atoms with Gasteiger partial charge < -0.3 is 24.2 Å². The van der Waals surface area contributed by atoms with Gasteiger partial charge in [-0.05, 0) is 24.2 Å². The molecule has 1 aromatic heterocycles. The molecule has 3 heterocycles. The highest BCUT2D eigenvalue weighted by molar-refractivity contribution is 5.77. The Kier molecular flexibility index (Phi) is 4.87. The summed E-state index contributed by atoms with van der Waals surface area (Å²) in [6.45, 7) is 6.63. The van der Waals surface area contributed by atoms with Gasteiger partial charge in [0.2, 0.25) is 0 Å². The molecule has 1 aromatic rings. The molecule has 0 bridgehead atoms. The van der Waals surface area contributed by atoms with Crippen molar-refractivity contribution in [3.63, 3.8) is 0 Å². The van der Waals surface area contributed by atoms with Crippen molar-refractivity contribution in [3.05, 3.63) is 11.8 Å². The molecule has 0 spiro atoms. The topological polar surface area (TPSA) is 96.1 Å². The Labute approximate surface area is 146 Å². The van der Waals surface area contributed by atoms with Crippen molar-refractivity contribution in [1.82, 2.24) is 10.1 Å². The van der Waals surface area contributed by atoms with Crippen molar-refractivity contribution in [1.29, 1.82) is 0 Å². The van der Waals surface area contributed by atoms with Gasteiger partial charge in [0.15, 0.2) is 11.6 Å². The van der Waals surface area contributed by atoms with Gasteiger partial charge in [-0.2, -0.15) is 0 Å². The molecule has 2 fully saturated rings. The number of rotatable bonds is 4. The molecule has 2 saturated heterocycles. The molecule has 3 atom stereocenters. The first kappa shape index (κ1) is 17.6. The lowest BCUT2D eigenvalue weighted by Crippen LogP contribution is -2.42. The van der Waals surface area contributed by atoms with Gasteiger partial charge in [0.25, 0.3) is 0 Å². The first-order valence-electron chi connectivity index (χ1n) is 8.68. The minimum absolute atomic E-state index is 0.0403. The van der Waals surface area contributed by atoms with Gasteiger partial charge in [0.1, 0.15) is 5.92 Å². The quantitative estimate of drug-likeness (QED) is 0.829. The molecule has 0 saturated carbocycles. The van der Waals surface area contributed by atoms with Gasteiger partial charge in [-0.1, -0.05) is 19.0 Å². The maximum absolute atomic E-state index is 12.0. The smallest absolute Gasteiger partial charge is 0.407 e. The summed E-state index contributed by atoms with van der Waals surface area (Å²) >= 11 is 0. The van der Waals surface area contributed by atoms with E-state index in [4.69, 9.17) is 9.26 Å². The number of piperidine rings is 1. The van der Waals surface area contributed by atoms with Gasteiger partial charge in [-0.3, -0.25) is 4.79 Å². The minimum atomic E-state index is -0.849. The molecule has 0 radical (unpaired) electrons. The number of esters is 1. The zero-order valence-corrected chi connectivity index (χ0v) is 14.8. The van der Waals surface area contributed by atoms with Crippen LogP contribution in [0.1, 0.15) is 31.9 Å². The van der Waals surface area contributed by atoms with E-state index in [1.807, 2.05) is 19.9 Å². The third kappa shape index (κ3) is 3.43. The number of ether oxygens (including phenoxy) is 1. The Hall–Kier alpha value is -2.25. The molecule has 138 valence electrons. The van der Waals surface area contributed by atoms with E-state index in [9.17, 15) is 14.7 Å². The molecular formula is C17H25N3O5. The maximum atomic E-state index is 12.0. The molecule has 3 rings (SSSR count). The number of likely N-dealkylation sites (tertiary alicyclic amines) is 1. The third-order valence-corrected chi connectivity index (χ3v) is 5.34.